The normalized spacial score (nSPS) is 32.5. The van der Waals surface area contributed by atoms with Gasteiger partial charge in [0, 0.05) is 0 Å². The number of hydrogen-bond donors (Lipinski definition) is 0. The molecule has 0 spiro atoms. The minimum absolute atomic E-state index is 0.210. The van der Waals surface area contributed by atoms with E-state index in [4.69, 9.17) is 0 Å². The zero-order chi connectivity index (χ0) is 15.7. The standard InChI is InChI=1S/C15H29B2F3/c1-5-6-9-13(4)10-7-8-11-17-14(13,16)12(2,3)15(18,19)20/h17H,5-11,16H2,1-4H3. The van der Waals surface area contributed by atoms with Crippen LogP contribution in [0.15, 0.2) is 0 Å². The third kappa shape index (κ3) is 2.92. The van der Waals surface area contributed by atoms with Gasteiger partial charge in [0.15, 0.2) is 0 Å². The van der Waals surface area contributed by atoms with Gasteiger partial charge in [-0.25, -0.2) is 0 Å². The van der Waals surface area contributed by atoms with Crippen LogP contribution < -0.4 is 0 Å². The topological polar surface area (TPSA) is 0 Å². The Hall–Kier alpha value is -0.0801. The lowest BCUT2D eigenvalue weighted by atomic mass is 9.25. The molecule has 1 aliphatic heterocycles. The van der Waals surface area contributed by atoms with E-state index in [0.717, 1.165) is 44.8 Å². The lowest BCUT2D eigenvalue weighted by molar-refractivity contribution is -0.227. The minimum atomic E-state index is -4.14. The zero-order valence-corrected chi connectivity index (χ0v) is 13.8. The second kappa shape index (κ2) is 5.96. The lowest BCUT2D eigenvalue weighted by Gasteiger charge is -2.56. The van der Waals surface area contributed by atoms with Crippen molar-refractivity contribution in [3.05, 3.63) is 0 Å². The Kier molecular flexibility index (Phi) is 5.36. The zero-order valence-electron chi connectivity index (χ0n) is 13.8. The predicted octanol–water partition coefficient (Wildman–Crippen LogP) is 4.56. The lowest BCUT2D eigenvalue weighted by Crippen LogP contribution is -2.54. The maximum atomic E-state index is 13.7. The molecule has 0 amide bonds. The second-order valence-electron chi connectivity index (χ2n) is 7.68. The Balaban J connectivity index is 3.23. The first kappa shape index (κ1) is 18.0. The summed E-state index contributed by atoms with van der Waals surface area (Å²) in [4.78, 5) is 0. The average molecular weight is 288 g/mol. The van der Waals surface area contributed by atoms with Crippen LogP contribution in [0.1, 0.15) is 66.2 Å². The van der Waals surface area contributed by atoms with Crippen LogP contribution in [-0.2, 0) is 0 Å². The first-order valence-corrected chi connectivity index (χ1v) is 8.08. The van der Waals surface area contributed by atoms with Gasteiger partial charge < -0.3 is 0 Å². The molecule has 0 aromatic rings. The summed E-state index contributed by atoms with van der Waals surface area (Å²) < 4.78 is 41.0. The summed E-state index contributed by atoms with van der Waals surface area (Å²) in [5.74, 6) is 0. The van der Waals surface area contributed by atoms with Crippen LogP contribution in [0.25, 0.3) is 0 Å². The quantitative estimate of drug-likeness (QED) is 0.665. The average Bonchev–Trinajstić information content (AvgIpc) is 2.47. The maximum Gasteiger partial charge on any atom is 0.393 e. The van der Waals surface area contributed by atoms with E-state index in [1.165, 1.54) is 13.8 Å². The summed E-state index contributed by atoms with van der Waals surface area (Å²) in [7, 11) is 2.60. The molecule has 0 aromatic heterocycles. The molecule has 2 unspecified atom stereocenters. The molecular weight excluding hydrogens is 259 g/mol. The van der Waals surface area contributed by atoms with Crippen LogP contribution in [0.4, 0.5) is 13.2 Å². The minimum Gasteiger partial charge on any atom is -0.171 e. The fraction of sp³-hybridized carbons (Fsp3) is 1.00. The van der Waals surface area contributed by atoms with Gasteiger partial charge in [0.25, 0.3) is 0 Å². The highest BCUT2D eigenvalue weighted by Crippen LogP contribution is 2.65. The molecule has 0 saturated carbocycles. The highest BCUT2D eigenvalue weighted by atomic mass is 19.4. The number of unbranched alkanes of at least 4 members (excludes halogenated alkanes) is 1. The molecule has 5 heteroatoms. The van der Waals surface area contributed by atoms with Gasteiger partial charge in [0.05, 0.1) is 5.41 Å². The van der Waals surface area contributed by atoms with Crippen molar-refractivity contribution in [3.8, 4) is 0 Å². The summed E-state index contributed by atoms with van der Waals surface area (Å²) in [5, 5.41) is -0.677. The van der Waals surface area contributed by atoms with Gasteiger partial charge in [-0.3, -0.25) is 0 Å². The van der Waals surface area contributed by atoms with Crippen LogP contribution in [-0.4, -0.2) is 21.3 Å². The van der Waals surface area contributed by atoms with E-state index in [-0.39, 0.29) is 5.41 Å². The highest BCUT2D eigenvalue weighted by Gasteiger charge is 2.63. The Morgan fingerprint density at radius 2 is 1.80 bits per heavy atom. The SMILES string of the molecule is BC1(C(C)(C)C(F)(F)F)BCCCCC1(C)CCCC. The van der Waals surface area contributed by atoms with E-state index < -0.39 is 16.8 Å². The van der Waals surface area contributed by atoms with Gasteiger partial charge in [-0.05, 0) is 18.3 Å². The summed E-state index contributed by atoms with van der Waals surface area (Å²) in [6, 6.07) is 0. The molecular formula is C15H29B2F3. The van der Waals surface area contributed by atoms with Crippen LogP contribution >= 0.6 is 0 Å². The first-order valence-electron chi connectivity index (χ1n) is 8.08. The van der Waals surface area contributed by atoms with E-state index in [1.807, 2.05) is 7.85 Å². The predicted molar refractivity (Wildman–Crippen MR) is 84.5 cm³/mol. The third-order valence-electron chi connectivity index (χ3n) is 6.41. The number of alkyl halides is 3. The van der Waals surface area contributed by atoms with E-state index in [9.17, 15) is 13.2 Å². The Morgan fingerprint density at radius 1 is 1.20 bits per heavy atom. The van der Waals surface area contributed by atoms with Gasteiger partial charge in [-0.2, -0.15) is 13.2 Å². The molecule has 0 bridgehead atoms. The molecule has 1 rings (SSSR count). The van der Waals surface area contributed by atoms with Crippen molar-refractivity contribution in [1.29, 1.82) is 0 Å². The van der Waals surface area contributed by atoms with Crippen molar-refractivity contribution in [2.45, 2.75) is 83.9 Å². The summed E-state index contributed by atoms with van der Waals surface area (Å²) in [6.45, 7) is 7.07. The second-order valence-corrected chi connectivity index (χ2v) is 7.68. The van der Waals surface area contributed by atoms with E-state index in [0.29, 0.717) is 7.28 Å². The van der Waals surface area contributed by atoms with Crippen molar-refractivity contribution in [2.75, 3.05) is 0 Å². The summed E-state index contributed by atoms with van der Waals surface area (Å²) in [6.07, 6.45) is 2.87. The number of halogens is 3. The Bertz CT molecular complexity index is 328. The third-order valence-corrected chi connectivity index (χ3v) is 6.41. The van der Waals surface area contributed by atoms with Crippen LogP contribution in [0.2, 0.25) is 11.5 Å². The molecule has 0 nitrogen and oxygen atoms in total. The van der Waals surface area contributed by atoms with Crippen molar-refractivity contribution in [2.24, 2.45) is 10.8 Å². The van der Waals surface area contributed by atoms with E-state index in [1.54, 1.807) is 0 Å². The van der Waals surface area contributed by atoms with Gasteiger partial charge in [0.2, 0.25) is 0 Å². The smallest absolute Gasteiger partial charge is 0.171 e. The van der Waals surface area contributed by atoms with Gasteiger partial charge in [-0.1, -0.05) is 64.9 Å². The molecule has 0 aliphatic carbocycles. The molecule has 1 heterocycles. The summed E-state index contributed by atoms with van der Waals surface area (Å²) in [5.41, 5.74) is -1.84. The molecule has 1 aliphatic rings. The van der Waals surface area contributed by atoms with Gasteiger partial charge in [-0.15, -0.1) is 0 Å². The van der Waals surface area contributed by atoms with Crippen LogP contribution in [0.3, 0.4) is 0 Å². The molecule has 0 N–H and O–H groups in total. The van der Waals surface area contributed by atoms with Crippen molar-refractivity contribution < 1.29 is 13.2 Å². The maximum absolute atomic E-state index is 13.7. The molecule has 1 saturated heterocycles. The Morgan fingerprint density at radius 3 is 2.30 bits per heavy atom. The fourth-order valence-corrected chi connectivity index (χ4v) is 4.10. The fourth-order valence-electron chi connectivity index (χ4n) is 4.10. The first-order chi connectivity index (χ1) is 9.02. The molecule has 0 radical (unpaired) electrons. The monoisotopic (exact) mass is 288 g/mol. The molecule has 2 atom stereocenters. The van der Waals surface area contributed by atoms with E-state index in [2.05, 4.69) is 13.8 Å². The molecule has 0 aromatic carbocycles. The Labute approximate surface area is 123 Å². The largest absolute Gasteiger partial charge is 0.393 e. The van der Waals surface area contributed by atoms with Crippen molar-refractivity contribution in [3.63, 3.8) is 0 Å². The molecule has 116 valence electrons. The molecule has 1 fully saturated rings. The van der Waals surface area contributed by atoms with Crippen LogP contribution in [0, 0.1) is 10.8 Å². The van der Waals surface area contributed by atoms with Crippen LogP contribution in [0.5, 0.6) is 0 Å². The van der Waals surface area contributed by atoms with Crippen molar-refractivity contribution >= 4 is 15.1 Å². The highest BCUT2D eigenvalue weighted by molar-refractivity contribution is 6.54. The van der Waals surface area contributed by atoms with Gasteiger partial charge in [0.1, 0.15) is 15.1 Å². The van der Waals surface area contributed by atoms with Crippen molar-refractivity contribution in [1.82, 2.24) is 0 Å². The number of hydrogen-bond acceptors (Lipinski definition) is 0. The van der Waals surface area contributed by atoms with E-state index >= 15 is 0 Å². The summed E-state index contributed by atoms with van der Waals surface area (Å²) >= 11 is 0. The molecule has 20 heavy (non-hydrogen) atoms. The van der Waals surface area contributed by atoms with Gasteiger partial charge >= 0.3 is 6.18 Å². The number of rotatable bonds is 4.